The van der Waals surface area contributed by atoms with Crippen LogP contribution in [0.2, 0.25) is 0 Å². The summed E-state index contributed by atoms with van der Waals surface area (Å²) in [7, 11) is 0. The second-order valence-electron chi connectivity index (χ2n) is 6.95. The Kier molecular flexibility index (Phi) is 4.25. The topological polar surface area (TPSA) is 83.9 Å². The molecular formula is C15H23NO5. The Balaban J connectivity index is 2.17. The Morgan fingerprint density at radius 1 is 1.29 bits per heavy atom. The van der Waals surface area contributed by atoms with Crippen LogP contribution in [0.3, 0.4) is 0 Å². The first-order valence-electron chi connectivity index (χ1n) is 7.43. The van der Waals surface area contributed by atoms with E-state index < -0.39 is 23.7 Å². The number of Topliss-reactive ketones (excluding diaryl/α,β-unsaturated/α-hetero) is 1. The lowest BCUT2D eigenvalue weighted by atomic mass is 9.70. The fourth-order valence-corrected chi connectivity index (χ4v) is 3.36. The van der Waals surface area contributed by atoms with E-state index >= 15 is 0 Å². The molecule has 0 aromatic rings. The molecule has 6 heteroatoms. The number of rotatable bonds is 1. The number of hydrogen-bond donors (Lipinski definition) is 1. The van der Waals surface area contributed by atoms with Gasteiger partial charge in [0.2, 0.25) is 0 Å². The van der Waals surface area contributed by atoms with Crippen molar-refractivity contribution in [1.82, 2.24) is 4.90 Å². The zero-order valence-corrected chi connectivity index (χ0v) is 12.8. The number of hydrogen-bond acceptors (Lipinski definition) is 4. The zero-order chi connectivity index (χ0) is 15.8. The van der Waals surface area contributed by atoms with Crippen LogP contribution in [0, 0.1) is 11.8 Å². The lowest BCUT2D eigenvalue weighted by molar-refractivity contribution is -0.151. The molecule has 118 valence electrons. The highest BCUT2D eigenvalue weighted by Gasteiger charge is 2.47. The highest BCUT2D eigenvalue weighted by Crippen LogP contribution is 2.39. The van der Waals surface area contributed by atoms with Crippen molar-refractivity contribution in [2.45, 2.75) is 58.1 Å². The van der Waals surface area contributed by atoms with Gasteiger partial charge in [-0.15, -0.1) is 0 Å². The highest BCUT2D eigenvalue weighted by atomic mass is 16.6. The first-order chi connectivity index (χ1) is 9.69. The molecule has 1 amide bonds. The van der Waals surface area contributed by atoms with Crippen LogP contribution < -0.4 is 0 Å². The number of carbonyl (C=O) groups is 3. The summed E-state index contributed by atoms with van der Waals surface area (Å²) in [4.78, 5) is 36.7. The van der Waals surface area contributed by atoms with Gasteiger partial charge in [0.1, 0.15) is 17.4 Å². The maximum Gasteiger partial charge on any atom is 0.411 e. The van der Waals surface area contributed by atoms with Gasteiger partial charge < -0.3 is 9.84 Å². The van der Waals surface area contributed by atoms with Crippen LogP contribution in [0.5, 0.6) is 0 Å². The van der Waals surface area contributed by atoms with Crippen molar-refractivity contribution in [3.8, 4) is 0 Å². The second kappa shape index (κ2) is 5.66. The minimum Gasteiger partial charge on any atom is -0.480 e. The van der Waals surface area contributed by atoms with Crippen LogP contribution in [0.25, 0.3) is 0 Å². The number of carboxylic acid groups (broad SMARTS) is 1. The number of ketones is 1. The molecule has 0 radical (unpaired) electrons. The molecule has 2 fully saturated rings. The predicted molar refractivity (Wildman–Crippen MR) is 74.8 cm³/mol. The Morgan fingerprint density at radius 2 is 1.95 bits per heavy atom. The zero-order valence-electron chi connectivity index (χ0n) is 12.8. The first kappa shape index (κ1) is 15.8. The first-order valence-corrected chi connectivity index (χ1v) is 7.43. The molecule has 3 atom stereocenters. The molecule has 0 aromatic carbocycles. The lowest BCUT2D eigenvalue weighted by Crippen LogP contribution is -2.57. The van der Waals surface area contributed by atoms with Crippen molar-refractivity contribution in [2.75, 3.05) is 6.54 Å². The van der Waals surface area contributed by atoms with Crippen molar-refractivity contribution in [2.24, 2.45) is 11.8 Å². The molecule has 0 bridgehead atoms. The van der Waals surface area contributed by atoms with Crippen LogP contribution >= 0.6 is 0 Å². The third-order valence-electron chi connectivity index (χ3n) is 4.22. The van der Waals surface area contributed by atoms with E-state index in [1.165, 1.54) is 4.90 Å². The molecule has 0 spiro atoms. The van der Waals surface area contributed by atoms with E-state index in [9.17, 15) is 19.5 Å². The van der Waals surface area contributed by atoms with Crippen molar-refractivity contribution in [3.63, 3.8) is 0 Å². The van der Waals surface area contributed by atoms with Crippen LogP contribution in [0.1, 0.15) is 46.5 Å². The number of amides is 1. The summed E-state index contributed by atoms with van der Waals surface area (Å²) in [6.07, 6.45) is 1.48. The predicted octanol–water partition coefficient (Wildman–Crippen LogP) is 2.07. The van der Waals surface area contributed by atoms with Crippen LogP contribution in [-0.2, 0) is 14.3 Å². The molecule has 1 unspecified atom stereocenters. The smallest absolute Gasteiger partial charge is 0.411 e. The molecule has 2 aliphatic rings. The average Bonchev–Trinajstić information content (AvgIpc) is 2.34. The minimum absolute atomic E-state index is 0.0750. The summed E-state index contributed by atoms with van der Waals surface area (Å²) in [5.41, 5.74) is -0.653. The molecule has 1 aliphatic carbocycles. The van der Waals surface area contributed by atoms with Gasteiger partial charge in [0.15, 0.2) is 0 Å². The Hall–Kier alpha value is -1.59. The summed E-state index contributed by atoms with van der Waals surface area (Å²) in [6, 6.07) is -0.883. The molecule has 6 nitrogen and oxygen atoms in total. The summed E-state index contributed by atoms with van der Waals surface area (Å²) in [5.74, 6) is -0.886. The van der Waals surface area contributed by atoms with Crippen molar-refractivity contribution in [3.05, 3.63) is 0 Å². The van der Waals surface area contributed by atoms with Crippen LogP contribution in [0.15, 0.2) is 0 Å². The number of carboxylic acids is 1. The fourth-order valence-electron chi connectivity index (χ4n) is 3.36. The van der Waals surface area contributed by atoms with Crippen molar-refractivity contribution in [1.29, 1.82) is 0 Å². The third kappa shape index (κ3) is 3.54. The van der Waals surface area contributed by atoms with Crippen molar-refractivity contribution < 1.29 is 24.2 Å². The maximum atomic E-state index is 12.2. The summed E-state index contributed by atoms with van der Waals surface area (Å²) < 4.78 is 5.32. The molecule has 2 rings (SSSR count). The molecule has 1 N–H and O–H groups in total. The van der Waals surface area contributed by atoms with Gasteiger partial charge >= 0.3 is 12.1 Å². The SMILES string of the molecule is CC(C)(C)OC(=O)N1CC[C@H]2CC(=O)CC[C@H]2C1C(=O)O. The lowest BCUT2D eigenvalue weighted by Gasteiger charge is -2.45. The Morgan fingerprint density at radius 3 is 2.52 bits per heavy atom. The number of aliphatic carboxylic acids is 1. The van der Waals surface area contributed by atoms with E-state index in [1.807, 2.05) is 0 Å². The highest BCUT2D eigenvalue weighted by molar-refractivity contribution is 5.83. The monoisotopic (exact) mass is 297 g/mol. The van der Waals surface area contributed by atoms with Gasteiger partial charge in [-0.05, 0) is 45.4 Å². The van der Waals surface area contributed by atoms with Gasteiger partial charge in [0.25, 0.3) is 0 Å². The van der Waals surface area contributed by atoms with Gasteiger partial charge in [-0.25, -0.2) is 9.59 Å². The van der Waals surface area contributed by atoms with E-state index in [-0.39, 0.29) is 17.6 Å². The number of ether oxygens (including phenoxy) is 1. The number of carbonyl (C=O) groups excluding carboxylic acids is 2. The van der Waals surface area contributed by atoms with Crippen molar-refractivity contribution >= 4 is 17.8 Å². The van der Waals surface area contributed by atoms with Crippen LogP contribution in [-0.4, -0.2) is 46.0 Å². The van der Waals surface area contributed by atoms with Gasteiger partial charge in [-0.1, -0.05) is 0 Å². The van der Waals surface area contributed by atoms with Gasteiger partial charge in [0, 0.05) is 19.4 Å². The molecule has 1 saturated heterocycles. The average molecular weight is 297 g/mol. The summed E-state index contributed by atoms with van der Waals surface area (Å²) in [6.45, 7) is 5.60. The van der Waals surface area contributed by atoms with E-state index in [0.717, 1.165) is 0 Å². The minimum atomic E-state index is -1.01. The Bertz CT molecular complexity index is 453. The second-order valence-corrected chi connectivity index (χ2v) is 6.95. The summed E-state index contributed by atoms with van der Waals surface area (Å²) >= 11 is 0. The van der Waals surface area contributed by atoms with E-state index in [0.29, 0.717) is 32.2 Å². The number of likely N-dealkylation sites (tertiary alicyclic amines) is 1. The maximum absolute atomic E-state index is 12.2. The van der Waals surface area contributed by atoms with E-state index in [4.69, 9.17) is 4.74 Å². The normalized spacial score (nSPS) is 29.8. The summed E-state index contributed by atoms with van der Waals surface area (Å²) in [5, 5.41) is 9.53. The number of piperidine rings is 1. The molecule has 1 heterocycles. The molecule has 0 aromatic heterocycles. The van der Waals surface area contributed by atoms with Gasteiger partial charge in [-0.3, -0.25) is 9.69 Å². The van der Waals surface area contributed by atoms with Crippen LogP contribution in [0.4, 0.5) is 4.79 Å². The third-order valence-corrected chi connectivity index (χ3v) is 4.22. The largest absolute Gasteiger partial charge is 0.480 e. The standard InChI is InChI=1S/C15H23NO5/c1-15(2,3)21-14(20)16-7-6-9-8-10(17)4-5-11(9)12(16)13(18)19/h9,11-12H,4-8H2,1-3H3,(H,18,19)/t9-,11+,12?/m0/s1. The molecule has 1 saturated carbocycles. The molecule has 1 aliphatic heterocycles. The number of fused-ring (bicyclic) bond motifs is 1. The molecule has 21 heavy (non-hydrogen) atoms. The van der Waals surface area contributed by atoms with E-state index in [1.54, 1.807) is 20.8 Å². The van der Waals surface area contributed by atoms with E-state index in [2.05, 4.69) is 0 Å². The Labute approximate surface area is 124 Å². The quantitative estimate of drug-likeness (QED) is 0.801. The molecular weight excluding hydrogens is 274 g/mol. The van der Waals surface area contributed by atoms with Gasteiger partial charge in [0.05, 0.1) is 0 Å². The number of nitrogens with zero attached hydrogens (tertiary/aromatic N) is 1. The van der Waals surface area contributed by atoms with Gasteiger partial charge in [-0.2, -0.15) is 0 Å². The fraction of sp³-hybridized carbons (Fsp3) is 0.800.